The molecule has 0 radical (unpaired) electrons. The molecule has 2 unspecified atom stereocenters. The highest BCUT2D eigenvalue weighted by Gasteiger charge is 2.22. The molecule has 2 atom stereocenters. The predicted molar refractivity (Wildman–Crippen MR) is 124 cm³/mol. The second-order valence-corrected chi connectivity index (χ2v) is 7.96. The Morgan fingerprint density at radius 3 is 2.23 bits per heavy atom. The van der Waals surface area contributed by atoms with Crippen LogP contribution >= 0.6 is 0 Å². The molecule has 31 heavy (non-hydrogen) atoms. The number of ether oxygens (including phenoxy) is 2. The lowest BCUT2D eigenvalue weighted by Crippen LogP contribution is -2.45. The maximum atomic E-state index is 12.6. The lowest BCUT2D eigenvalue weighted by molar-refractivity contribution is -0.00521. The van der Waals surface area contributed by atoms with Gasteiger partial charge >= 0.3 is 0 Å². The third-order valence-corrected chi connectivity index (χ3v) is 5.27. The average Bonchev–Trinajstić information content (AvgIpc) is 2.78. The van der Waals surface area contributed by atoms with E-state index in [4.69, 9.17) is 9.47 Å². The number of para-hydroxylation sites is 1. The molecule has 0 aliphatic carbocycles. The van der Waals surface area contributed by atoms with E-state index >= 15 is 0 Å². The number of hydrogen-bond donors (Lipinski definition) is 1. The van der Waals surface area contributed by atoms with Crippen molar-refractivity contribution in [1.82, 2.24) is 0 Å². The number of carbonyl (C=O) groups is 1. The molecule has 160 valence electrons. The topological polar surface area (TPSA) is 50.8 Å². The Morgan fingerprint density at radius 1 is 0.935 bits per heavy atom. The Hall–Kier alpha value is -3.31. The average molecular weight is 417 g/mol. The van der Waals surface area contributed by atoms with Gasteiger partial charge in [0.2, 0.25) is 0 Å². The number of anilines is 2. The minimum atomic E-state index is -0.128. The number of nitrogens with zero attached hydrogens (tertiary/aromatic N) is 1. The first-order valence-corrected chi connectivity index (χ1v) is 10.7. The first-order chi connectivity index (χ1) is 15.1. The predicted octanol–water partition coefficient (Wildman–Crippen LogP) is 5.13. The lowest BCUT2D eigenvalue weighted by atomic mass is 10.1. The molecule has 0 aromatic heterocycles. The van der Waals surface area contributed by atoms with Crippen LogP contribution in [0, 0.1) is 0 Å². The van der Waals surface area contributed by atoms with Gasteiger partial charge in [-0.2, -0.15) is 0 Å². The van der Waals surface area contributed by atoms with Crippen molar-refractivity contribution in [2.75, 3.05) is 23.3 Å². The van der Waals surface area contributed by atoms with Crippen LogP contribution in [0.1, 0.15) is 29.8 Å². The van der Waals surface area contributed by atoms with Crippen molar-refractivity contribution in [1.29, 1.82) is 0 Å². The molecule has 1 fully saturated rings. The lowest BCUT2D eigenvalue weighted by Gasteiger charge is -2.36. The van der Waals surface area contributed by atoms with Crippen molar-refractivity contribution in [2.24, 2.45) is 0 Å². The van der Waals surface area contributed by atoms with E-state index in [1.54, 1.807) is 0 Å². The Bertz CT molecular complexity index is 977. The molecule has 0 bridgehead atoms. The maximum absolute atomic E-state index is 12.6. The van der Waals surface area contributed by atoms with Crippen LogP contribution in [-0.2, 0) is 11.3 Å². The van der Waals surface area contributed by atoms with E-state index in [-0.39, 0.29) is 18.1 Å². The van der Waals surface area contributed by atoms with Gasteiger partial charge in [0.25, 0.3) is 5.91 Å². The molecular weight excluding hydrogens is 388 g/mol. The summed E-state index contributed by atoms with van der Waals surface area (Å²) in [7, 11) is 0. The summed E-state index contributed by atoms with van der Waals surface area (Å²) in [4.78, 5) is 14.9. The quantitative estimate of drug-likeness (QED) is 0.605. The molecule has 5 heteroatoms. The smallest absolute Gasteiger partial charge is 0.255 e. The largest absolute Gasteiger partial charge is 0.489 e. The highest BCUT2D eigenvalue weighted by molar-refractivity contribution is 6.04. The van der Waals surface area contributed by atoms with Gasteiger partial charge in [-0.3, -0.25) is 4.79 Å². The maximum Gasteiger partial charge on any atom is 0.255 e. The zero-order valence-electron chi connectivity index (χ0n) is 18.0. The normalized spacial score (nSPS) is 18.5. The van der Waals surface area contributed by atoms with E-state index in [0.29, 0.717) is 12.2 Å². The van der Waals surface area contributed by atoms with Crippen molar-refractivity contribution < 1.29 is 14.3 Å². The molecule has 1 aliphatic rings. The summed E-state index contributed by atoms with van der Waals surface area (Å²) in [6, 6.07) is 25.2. The van der Waals surface area contributed by atoms with Gasteiger partial charge in [0, 0.05) is 30.0 Å². The van der Waals surface area contributed by atoms with Crippen molar-refractivity contribution in [3.8, 4) is 5.75 Å². The minimum Gasteiger partial charge on any atom is -0.489 e. The number of nitrogens with one attached hydrogen (secondary N) is 1. The van der Waals surface area contributed by atoms with Gasteiger partial charge < -0.3 is 19.7 Å². The van der Waals surface area contributed by atoms with Gasteiger partial charge in [-0.15, -0.1) is 0 Å². The fourth-order valence-electron chi connectivity index (χ4n) is 3.78. The van der Waals surface area contributed by atoms with Crippen LogP contribution in [0.5, 0.6) is 5.75 Å². The second kappa shape index (κ2) is 9.67. The molecule has 0 saturated carbocycles. The van der Waals surface area contributed by atoms with Crippen molar-refractivity contribution in [3.05, 3.63) is 90.0 Å². The van der Waals surface area contributed by atoms with Crippen molar-refractivity contribution in [2.45, 2.75) is 32.7 Å². The number of hydrogen-bond acceptors (Lipinski definition) is 4. The first kappa shape index (κ1) is 20.9. The number of morpholine rings is 1. The van der Waals surface area contributed by atoms with E-state index < -0.39 is 0 Å². The molecule has 4 rings (SSSR count). The Balaban J connectivity index is 1.32. The van der Waals surface area contributed by atoms with Crippen LogP contribution in [0.2, 0.25) is 0 Å². The molecule has 5 nitrogen and oxygen atoms in total. The Kier molecular flexibility index (Phi) is 6.53. The van der Waals surface area contributed by atoms with Crippen LogP contribution in [-0.4, -0.2) is 31.2 Å². The Labute approximate surface area is 183 Å². The van der Waals surface area contributed by atoms with E-state index in [9.17, 15) is 4.79 Å². The Morgan fingerprint density at radius 2 is 1.58 bits per heavy atom. The standard InChI is InChI=1S/C26H28N2O3/c1-19-16-28(17-20(2)31-19)24-14-12-23(13-15-24)27-26(29)22-10-8-21(9-11-22)18-30-25-6-4-3-5-7-25/h3-15,19-20H,16-18H2,1-2H3,(H,27,29). The molecule has 1 amide bonds. The highest BCUT2D eigenvalue weighted by atomic mass is 16.5. The fraction of sp³-hybridized carbons (Fsp3) is 0.269. The minimum absolute atomic E-state index is 0.128. The van der Waals surface area contributed by atoms with Crippen LogP contribution in [0.4, 0.5) is 11.4 Å². The van der Waals surface area contributed by atoms with E-state index in [0.717, 1.165) is 35.8 Å². The summed E-state index contributed by atoms with van der Waals surface area (Å²) in [6.45, 7) is 6.39. The summed E-state index contributed by atoms with van der Waals surface area (Å²) in [5, 5.41) is 2.97. The zero-order valence-corrected chi connectivity index (χ0v) is 18.0. The molecular formula is C26H28N2O3. The van der Waals surface area contributed by atoms with Crippen molar-refractivity contribution in [3.63, 3.8) is 0 Å². The van der Waals surface area contributed by atoms with Gasteiger partial charge in [0.15, 0.2) is 0 Å². The van der Waals surface area contributed by atoms with Gasteiger partial charge in [-0.1, -0.05) is 30.3 Å². The summed E-state index contributed by atoms with van der Waals surface area (Å²) in [6.07, 6.45) is 0.424. The first-order valence-electron chi connectivity index (χ1n) is 10.7. The fourth-order valence-corrected chi connectivity index (χ4v) is 3.78. The molecule has 0 spiro atoms. The van der Waals surface area contributed by atoms with Crippen LogP contribution in [0.25, 0.3) is 0 Å². The van der Waals surface area contributed by atoms with Gasteiger partial charge in [0.1, 0.15) is 12.4 Å². The monoisotopic (exact) mass is 416 g/mol. The zero-order chi connectivity index (χ0) is 21.6. The number of carbonyl (C=O) groups excluding carboxylic acids is 1. The van der Waals surface area contributed by atoms with Gasteiger partial charge in [0.05, 0.1) is 12.2 Å². The van der Waals surface area contributed by atoms with Crippen LogP contribution in [0.3, 0.4) is 0 Å². The van der Waals surface area contributed by atoms with Crippen molar-refractivity contribution >= 4 is 17.3 Å². The van der Waals surface area contributed by atoms with E-state index in [1.807, 2.05) is 78.9 Å². The van der Waals surface area contributed by atoms with Gasteiger partial charge in [-0.25, -0.2) is 0 Å². The molecule has 1 N–H and O–H groups in total. The second-order valence-electron chi connectivity index (χ2n) is 7.96. The van der Waals surface area contributed by atoms with Crippen LogP contribution < -0.4 is 15.0 Å². The molecule has 3 aromatic carbocycles. The molecule has 3 aromatic rings. The number of rotatable bonds is 6. The highest BCUT2D eigenvalue weighted by Crippen LogP contribution is 2.22. The summed E-state index contributed by atoms with van der Waals surface area (Å²) >= 11 is 0. The molecule has 1 aliphatic heterocycles. The third kappa shape index (κ3) is 5.64. The number of amides is 1. The summed E-state index contributed by atoms with van der Waals surface area (Å²) in [5.41, 5.74) is 3.55. The SMILES string of the molecule is CC1CN(c2ccc(NC(=O)c3ccc(COc4ccccc4)cc3)cc2)CC(C)O1. The van der Waals surface area contributed by atoms with Gasteiger partial charge in [-0.05, 0) is 67.9 Å². The molecule has 1 heterocycles. The molecule has 1 saturated heterocycles. The van der Waals surface area contributed by atoms with E-state index in [2.05, 4.69) is 24.1 Å². The number of benzene rings is 3. The van der Waals surface area contributed by atoms with E-state index in [1.165, 1.54) is 0 Å². The summed E-state index contributed by atoms with van der Waals surface area (Å²) < 4.78 is 11.6. The third-order valence-electron chi connectivity index (χ3n) is 5.27. The summed E-state index contributed by atoms with van der Waals surface area (Å²) in [5.74, 6) is 0.700. The van der Waals surface area contributed by atoms with Crippen LogP contribution in [0.15, 0.2) is 78.9 Å².